The number of hydrogen-bond donors (Lipinski definition) is 2. The third-order valence-electron chi connectivity index (χ3n) is 5.16. The molecule has 0 atom stereocenters. The summed E-state index contributed by atoms with van der Waals surface area (Å²) in [5, 5.41) is 7.59. The predicted molar refractivity (Wildman–Crippen MR) is 118 cm³/mol. The van der Waals surface area contributed by atoms with E-state index >= 15 is 0 Å². The van der Waals surface area contributed by atoms with Gasteiger partial charge in [0.2, 0.25) is 11.8 Å². The summed E-state index contributed by atoms with van der Waals surface area (Å²) in [6, 6.07) is 13.8. The van der Waals surface area contributed by atoms with Crippen molar-refractivity contribution in [2.45, 2.75) is 25.2 Å². The van der Waals surface area contributed by atoms with E-state index in [1.807, 2.05) is 42.1 Å². The number of carbonyl (C=O) groups is 1. The Morgan fingerprint density at radius 2 is 1.81 bits per heavy atom. The fraction of sp³-hybridized carbons (Fsp3) is 0.182. The first-order valence-corrected chi connectivity index (χ1v) is 11.1. The summed E-state index contributed by atoms with van der Waals surface area (Å²) in [6.45, 7) is 3.45. The number of anilines is 2. The number of nitrogens with one attached hydrogen (secondary N) is 2. The van der Waals surface area contributed by atoms with Crippen molar-refractivity contribution in [3.05, 3.63) is 71.5 Å². The molecule has 1 amide bonds. The van der Waals surface area contributed by atoms with E-state index in [1.54, 1.807) is 26.0 Å². The Bertz CT molecular complexity index is 1370. The molecule has 160 valence electrons. The standard InChI is InChI=1S/C22H22N4O4S/c1-14-15(2)24-30-22(14)25-31(28,29)18-10-8-17(9-11-18)23-21(27)12-16-13-26(3)20-7-5-4-6-19(16)20/h4-11,13,25H,12H2,1-3H3,(H,23,27). The lowest BCUT2D eigenvalue weighted by atomic mass is 10.1. The zero-order chi connectivity index (χ0) is 22.2. The van der Waals surface area contributed by atoms with E-state index in [1.165, 1.54) is 12.1 Å². The highest BCUT2D eigenvalue weighted by atomic mass is 32.2. The number of fused-ring (bicyclic) bond motifs is 1. The van der Waals surface area contributed by atoms with E-state index < -0.39 is 10.0 Å². The van der Waals surface area contributed by atoms with Crippen LogP contribution >= 0.6 is 0 Å². The molecule has 4 aromatic rings. The van der Waals surface area contributed by atoms with Gasteiger partial charge in [-0.25, -0.2) is 13.1 Å². The van der Waals surface area contributed by atoms with Gasteiger partial charge < -0.3 is 14.4 Å². The lowest BCUT2D eigenvalue weighted by Crippen LogP contribution is -2.15. The van der Waals surface area contributed by atoms with E-state index in [0.717, 1.165) is 16.5 Å². The molecular weight excluding hydrogens is 416 g/mol. The number of amides is 1. The SMILES string of the molecule is Cc1noc(NS(=O)(=O)c2ccc(NC(=O)Cc3cn(C)c4ccccc34)cc2)c1C. The summed E-state index contributed by atoms with van der Waals surface area (Å²) >= 11 is 0. The first kappa shape index (κ1) is 20.7. The van der Waals surface area contributed by atoms with Gasteiger partial charge in [-0.1, -0.05) is 23.4 Å². The van der Waals surface area contributed by atoms with Gasteiger partial charge in [0, 0.05) is 35.4 Å². The minimum absolute atomic E-state index is 0.0491. The van der Waals surface area contributed by atoms with Crippen LogP contribution in [0.2, 0.25) is 0 Å². The summed E-state index contributed by atoms with van der Waals surface area (Å²) in [5.74, 6) is -0.0946. The number of sulfonamides is 1. The number of para-hydroxylation sites is 1. The van der Waals surface area contributed by atoms with E-state index in [-0.39, 0.29) is 23.1 Å². The zero-order valence-corrected chi connectivity index (χ0v) is 18.2. The van der Waals surface area contributed by atoms with Gasteiger partial charge in [0.25, 0.3) is 10.0 Å². The van der Waals surface area contributed by atoms with Crippen molar-refractivity contribution in [2.75, 3.05) is 10.0 Å². The van der Waals surface area contributed by atoms with Crippen LogP contribution in [-0.4, -0.2) is 24.0 Å². The van der Waals surface area contributed by atoms with Gasteiger partial charge in [-0.05, 0) is 49.7 Å². The van der Waals surface area contributed by atoms with Gasteiger partial charge in [-0.2, -0.15) is 0 Å². The van der Waals surface area contributed by atoms with Gasteiger partial charge in [0.1, 0.15) is 0 Å². The third kappa shape index (κ3) is 4.17. The lowest BCUT2D eigenvalue weighted by molar-refractivity contribution is -0.115. The van der Waals surface area contributed by atoms with Crippen molar-refractivity contribution in [3.63, 3.8) is 0 Å². The highest BCUT2D eigenvalue weighted by Crippen LogP contribution is 2.23. The fourth-order valence-electron chi connectivity index (χ4n) is 3.35. The first-order valence-electron chi connectivity index (χ1n) is 9.63. The molecule has 0 bridgehead atoms. The molecule has 9 heteroatoms. The van der Waals surface area contributed by atoms with Gasteiger partial charge >= 0.3 is 0 Å². The minimum atomic E-state index is -3.84. The number of nitrogens with zero attached hydrogens (tertiary/aromatic N) is 2. The molecule has 2 aromatic heterocycles. The zero-order valence-electron chi connectivity index (χ0n) is 17.3. The van der Waals surface area contributed by atoms with Crippen LogP contribution < -0.4 is 10.0 Å². The quantitative estimate of drug-likeness (QED) is 0.477. The number of aryl methyl sites for hydroxylation is 2. The molecular formula is C22H22N4O4S. The summed E-state index contributed by atoms with van der Waals surface area (Å²) < 4.78 is 34.5. The maximum atomic E-state index is 12.6. The monoisotopic (exact) mass is 438 g/mol. The molecule has 31 heavy (non-hydrogen) atoms. The highest BCUT2D eigenvalue weighted by molar-refractivity contribution is 7.92. The summed E-state index contributed by atoms with van der Waals surface area (Å²) in [7, 11) is -1.89. The van der Waals surface area contributed by atoms with Crippen LogP contribution in [0.25, 0.3) is 10.9 Å². The maximum Gasteiger partial charge on any atom is 0.264 e. The second-order valence-corrected chi connectivity index (χ2v) is 9.04. The number of rotatable bonds is 6. The van der Waals surface area contributed by atoms with Crippen molar-refractivity contribution < 1.29 is 17.7 Å². The predicted octanol–water partition coefficient (Wildman–Crippen LogP) is 3.77. The average Bonchev–Trinajstić information content (AvgIpc) is 3.22. The number of hydrogen-bond acceptors (Lipinski definition) is 5. The van der Waals surface area contributed by atoms with Crippen molar-refractivity contribution in [3.8, 4) is 0 Å². The Morgan fingerprint density at radius 1 is 1.10 bits per heavy atom. The molecule has 0 unspecified atom stereocenters. The summed E-state index contributed by atoms with van der Waals surface area (Å²) in [5.41, 5.74) is 3.74. The van der Waals surface area contributed by atoms with Crippen molar-refractivity contribution in [1.29, 1.82) is 0 Å². The maximum absolute atomic E-state index is 12.6. The molecule has 0 fully saturated rings. The molecule has 0 saturated heterocycles. The van der Waals surface area contributed by atoms with Crippen LogP contribution in [0.15, 0.2) is 64.1 Å². The molecule has 2 heterocycles. The third-order valence-corrected chi connectivity index (χ3v) is 6.51. The molecule has 0 radical (unpaired) electrons. The Balaban J connectivity index is 1.45. The van der Waals surface area contributed by atoms with Crippen LogP contribution in [0.5, 0.6) is 0 Å². The van der Waals surface area contributed by atoms with E-state index in [0.29, 0.717) is 16.9 Å². The van der Waals surface area contributed by atoms with Crippen LogP contribution in [0, 0.1) is 13.8 Å². The Morgan fingerprint density at radius 3 is 2.48 bits per heavy atom. The molecule has 0 aliphatic rings. The van der Waals surface area contributed by atoms with Gasteiger partial charge in [-0.3, -0.25) is 4.79 Å². The Kier molecular flexibility index (Phi) is 5.28. The van der Waals surface area contributed by atoms with Gasteiger partial charge in [-0.15, -0.1) is 0 Å². The normalized spacial score (nSPS) is 11.6. The molecule has 2 aromatic carbocycles. The molecule has 8 nitrogen and oxygen atoms in total. The van der Waals surface area contributed by atoms with E-state index in [9.17, 15) is 13.2 Å². The molecule has 0 saturated carbocycles. The molecule has 0 aliphatic heterocycles. The number of benzene rings is 2. The molecule has 0 spiro atoms. The largest absolute Gasteiger partial charge is 0.350 e. The lowest BCUT2D eigenvalue weighted by Gasteiger charge is -2.08. The minimum Gasteiger partial charge on any atom is -0.350 e. The average molecular weight is 439 g/mol. The fourth-order valence-corrected chi connectivity index (χ4v) is 4.40. The molecule has 4 rings (SSSR count). The number of carbonyl (C=O) groups excluding carboxylic acids is 1. The van der Waals surface area contributed by atoms with Crippen molar-refractivity contribution in [1.82, 2.24) is 9.72 Å². The van der Waals surface area contributed by atoms with Gasteiger partial charge in [0.15, 0.2) is 0 Å². The van der Waals surface area contributed by atoms with Crippen LogP contribution in [0.3, 0.4) is 0 Å². The highest BCUT2D eigenvalue weighted by Gasteiger charge is 2.19. The van der Waals surface area contributed by atoms with E-state index in [4.69, 9.17) is 4.52 Å². The Hall–Kier alpha value is -3.59. The second-order valence-electron chi connectivity index (χ2n) is 7.36. The van der Waals surface area contributed by atoms with Crippen LogP contribution in [-0.2, 0) is 28.3 Å². The number of aromatic nitrogens is 2. The Labute approximate surface area is 179 Å². The molecule has 2 N–H and O–H groups in total. The van der Waals surface area contributed by atoms with Crippen molar-refractivity contribution in [2.24, 2.45) is 7.05 Å². The van der Waals surface area contributed by atoms with Gasteiger partial charge in [0.05, 0.1) is 17.0 Å². The van der Waals surface area contributed by atoms with E-state index in [2.05, 4.69) is 15.2 Å². The second kappa shape index (κ2) is 7.92. The van der Waals surface area contributed by atoms with Crippen LogP contribution in [0.1, 0.15) is 16.8 Å². The smallest absolute Gasteiger partial charge is 0.264 e. The van der Waals surface area contributed by atoms with Crippen LogP contribution in [0.4, 0.5) is 11.6 Å². The summed E-state index contributed by atoms with van der Waals surface area (Å²) in [4.78, 5) is 12.6. The van der Waals surface area contributed by atoms with Crippen molar-refractivity contribution >= 4 is 38.4 Å². The first-order chi connectivity index (χ1) is 14.7. The topological polar surface area (TPSA) is 106 Å². The summed E-state index contributed by atoms with van der Waals surface area (Å²) in [6.07, 6.45) is 2.16. The molecule has 0 aliphatic carbocycles.